The highest BCUT2D eigenvalue weighted by atomic mass is 16.2. The second kappa shape index (κ2) is 11.2. The number of carbonyl (C=O) groups is 2. The molecule has 0 aliphatic heterocycles. The number of anilines is 5. The molecular formula is C27H28N8O2. The third-order valence-electron chi connectivity index (χ3n) is 5.32. The van der Waals surface area contributed by atoms with Crippen molar-refractivity contribution in [1.82, 2.24) is 19.7 Å². The normalized spacial score (nSPS) is 10.7. The first-order chi connectivity index (χ1) is 17.8. The molecule has 5 N–H and O–H groups in total. The molecule has 0 aliphatic carbocycles. The molecule has 0 saturated heterocycles. The zero-order valence-electron chi connectivity index (χ0n) is 20.6. The number of nitrogen functional groups attached to an aromatic ring is 1. The van der Waals surface area contributed by atoms with Crippen molar-refractivity contribution in [2.24, 2.45) is 0 Å². The van der Waals surface area contributed by atoms with Gasteiger partial charge in [0.1, 0.15) is 0 Å². The predicted molar refractivity (Wildman–Crippen MR) is 147 cm³/mol. The molecule has 10 nitrogen and oxygen atoms in total. The van der Waals surface area contributed by atoms with Gasteiger partial charge in [-0.3, -0.25) is 4.79 Å². The number of hydrogen-bond acceptors (Lipinski definition) is 7. The van der Waals surface area contributed by atoms with E-state index in [2.05, 4.69) is 37.5 Å². The molecule has 4 aromatic rings. The van der Waals surface area contributed by atoms with Crippen LogP contribution in [0, 0.1) is 0 Å². The second-order valence-corrected chi connectivity index (χ2v) is 8.55. The lowest BCUT2D eigenvalue weighted by atomic mass is 10.0. The highest BCUT2D eigenvalue weighted by Crippen LogP contribution is 2.24. The minimum Gasteiger partial charge on any atom is -0.368 e. The summed E-state index contributed by atoms with van der Waals surface area (Å²) in [6.45, 7) is 4.29. The van der Waals surface area contributed by atoms with Gasteiger partial charge in [0.15, 0.2) is 0 Å². The molecule has 1 aromatic heterocycles. The van der Waals surface area contributed by atoms with E-state index in [9.17, 15) is 9.59 Å². The Morgan fingerprint density at radius 1 is 0.946 bits per heavy atom. The fourth-order valence-electron chi connectivity index (χ4n) is 3.61. The number of hydrogen-bond donors (Lipinski definition) is 4. The van der Waals surface area contributed by atoms with Crippen molar-refractivity contribution < 1.29 is 9.59 Å². The predicted octanol–water partition coefficient (Wildman–Crippen LogP) is 4.54. The molecule has 0 aliphatic rings. The first-order valence-corrected chi connectivity index (χ1v) is 11.5. The highest BCUT2D eigenvalue weighted by Gasteiger charge is 2.15. The Labute approximate surface area is 214 Å². The molecule has 0 spiro atoms. The number of nitrogens with one attached hydrogen (secondary N) is 3. The van der Waals surface area contributed by atoms with Crippen LogP contribution in [0.25, 0.3) is 11.1 Å². The SMILES string of the molecule is C=CC(=O)Nc1cccc(-c2ccc(NC(=O)n3nc(Nc4ccc(CN(C)C)cc4)nc3N)cc2)c1. The molecule has 0 bridgehead atoms. The van der Waals surface area contributed by atoms with Crippen LogP contribution in [0.3, 0.4) is 0 Å². The van der Waals surface area contributed by atoms with Crippen molar-refractivity contribution in [3.63, 3.8) is 0 Å². The van der Waals surface area contributed by atoms with E-state index in [0.29, 0.717) is 11.4 Å². The molecule has 0 atom stereocenters. The summed E-state index contributed by atoms with van der Waals surface area (Å²) in [6.07, 6.45) is 1.22. The first kappa shape index (κ1) is 25.1. The molecule has 4 rings (SSSR count). The van der Waals surface area contributed by atoms with Crippen LogP contribution >= 0.6 is 0 Å². The van der Waals surface area contributed by atoms with E-state index in [0.717, 1.165) is 28.0 Å². The van der Waals surface area contributed by atoms with Crippen LogP contribution in [-0.2, 0) is 11.3 Å². The van der Waals surface area contributed by atoms with Crippen molar-refractivity contribution >= 4 is 40.9 Å². The van der Waals surface area contributed by atoms with Gasteiger partial charge >= 0.3 is 6.03 Å². The summed E-state index contributed by atoms with van der Waals surface area (Å²) in [5, 5.41) is 12.8. The van der Waals surface area contributed by atoms with Crippen LogP contribution < -0.4 is 21.7 Å². The van der Waals surface area contributed by atoms with Crippen LogP contribution in [0.4, 0.5) is 33.8 Å². The van der Waals surface area contributed by atoms with Crippen molar-refractivity contribution in [2.45, 2.75) is 6.54 Å². The number of carbonyl (C=O) groups excluding carboxylic acids is 2. The minimum absolute atomic E-state index is 0.0424. The Morgan fingerprint density at radius 2 is 1.65 bits per heavy atom. The van der Waals surface area contributed by atoms with Crippen molar-refractivity contribution in [3.05, 3.63) is 91.0 Å². The zero-order valence-corrected chi connectivity index (χ0v) is 20.6. The molecule has 0 fully saturated rings. The minimum atomic E-state index is -0.540. The van der Waals surface area contributed by atoms with E-state index in [4.69, 9.17) is 5.73 Å². The van der Waals surface area contributed by atoms with Gasteiger partial charge in [-0.15, -0.1) is 9.78 Å². The van der Waals surface area contributed by atoms with Gasteiger partial charge in [-0.05, 0) is 73.3 Å². The number of nitrogens with two attached hydrogens (primary N) is 1. The van der Waals surface area contributed by atoms with E-state index >= 15 is 0 Å². The fourth-order valence-corrected chi connectivity index (χ4v) is 3.61. The fraction of sp³-hybridized carbons (Fsp3) is 0.111. The van der Waals surface area contributed by atoms with Gasteiger partial charge in [-0.2, -0.15) is 4.98 Å². The van der Waals surface area contributed by atoms with Gasteiger partial charge in [0, 0.05) is 23.6 Å². The van der Waals surface area contributed by atoms with Crippen LogP contribution in [-0.4, -0.2) is 45.7 Å². The second-order valence-electron chi connectivity index (χ2n) is 8.55. The number of amides is 2. The maximum atomic E-state index is 12.8. The molecule has 188 valence electrons. The Hall–Kier alpha value is -4.96. The smallest absolute Gasteiger partial charge is 0.349 e. The van der Waals surface area contributed by atoms with Gasteiger partial charge in [0.2, 0.25) is 17.8 Å². The van der Waals surface area contributed by atoms with Crippen molar-refractivity contribution in [2.75, 3.05) is 35.8 Å². The molecule has 1 heterocycles. The highest BCUT2D eigenvalue weighted by molar-refractivity contribution is 5.99. The number of aromatic nitrogens is 3. The molecule has 10 heteroatoms. The van der Waals surface area contributed by atoms with Gasteiger partial charge < -0.3 is 26.6 Å². The Balaban J connectivity index is 1.40. The molecule has 37 heavy (non-hydrogen) atoms. The molecule has 3 aromatic carbocycles. The average molecular weight is 497 g/mol. The van der Waals surface area contributed by atoms with Gasteiger partial charge in [0.25, 0.3) is 0 Å². The largest absolute Gasteiger partial charge is 0.368 e. The number of rotatable bonds is 8. The van der Waals surface area contributed by atoms with Gasteiger partial charge in [-0.1, -0.05) is 43.0 Å². The lowest BCUT2D eigenvalue weighted by molar-refractivity contribution is -0.111. The van der Waals surface area contributed by atoms with Gasteiger partial charge in [-0.25, -0.2) is 4.79 Å². The summed E-state index contributed by atoms with van der Waals surface area (Å²) in [4.78, 5) is 30.6. The maximum absolute atomic E-state index is 12.8. The molecular weight excluding hydrogens is 468 g/mol. The summed E-state index contributed by atoms with van der Waals surface area (Å²) in [6, 6.07) is 22.0. The van der Waals surface area contributed by atoms with Crippen LogP contribution in [0.5, 0.6) is 0 Å². The topological polar surface area (TPSA) is 130 Å². The maximum Gasteiger partial charge on any atom is 0.349 e. The molecule has 0 unspecified atom stereocenters. The van der Waals surface area contributed by atoms with Gasteiger partial charge in [0.05, 0.1) is 0 Å². The Morgan fingerprint density at radius 3 is 2.32 bits per heavy atom. The van der Waals surface area contributed by atoms with E-state index in [1.54, 1.807) is 18.2 Å². The zero-order chi connectivity index (χ0) is 26.4. The summed E-state index contributed by atoms with van der Waals surface area (Å²) in [7, 11) is 4.02. The van der Waals surface area contributed by atoms with Crippen LogP contribution in [0.1, 0.15) is 5.56 Å². The van der Waals surface area contributed by atoms with E-state index in [1.165, 1.54) is 11.6 Å². The Bertz CT molecular complexity index is 1410. The number of nitrogens with zero attached hydrogens (tertiary/aromatic N) is 4. The van der Waals surface area contributed by atoms with E-state index in [-0.39, 0.29) is 17.8 Å². The molecule has 0 radical (unpaired) electrons. The lowest BCUT2D eigenvalue weighted by Crippen LogP contribution is -2.22. The van der Waals surface area contributed by atoms with E-state index < -0.39 is 6.03 Å². The van der Waals surface area contributed by atoms with E-state index in [1.807, 2.05) is 68.7 Å². The number of benzene rings is 3. The standard InChI is InChI=1S/C27H28N8O2/c1-4-24(36)29-23-7-5-6-20(16-23)19-10-14-22(15-11-19)31-27(37)35-25(28)32-26(33-35)30-21-12-8-18(9-13-21)17-34(2)3/h4-16H,1,17H2,2-3H3,(H,29,36)(H,31,37)(H3,28,30,32,33). The summed E-state index contributed by atoms with van der Waals surface area (Å²) < 4.78 is 1.00. The average Bonchev–Trinajstić information content (AvgIpc) is 3.25. The molecule has 0 saturated carbocycles. The van der Waals surface area contributed by atoms with Crippen molar-refractivity contribution in [1.29, 1.82) is 0 Å². The molecule has 2 amide bonds. The summed E-state index contributed by atoms with van der Waals surface area (Å²) >= 11 is 0. The third-order valence-corrected chi connectivity index (χ3v) is 5.32. The summed E-state index contributed by atoms with van der Waals surface area (Å²) in [5.41, 5.74) is 10.9. The quantitative estimate of drug-likeness (QED) is 0.264. The Kier molecular flexibility index (Phi) is 7.60. The monoisotopic (exact) mass is 496 g/mol. The summed E-state index contributed by atoms with van der Waals surface area (Å²) in [5.74, 6) is -0.107. The third kappa shape index (κ3) is 6.59. The van der Waals surface area contributed by atoms with Crippen LogP contribution in [0.2, 0.25) is 0 Å². The van der Waals surface area contributed by atoms with Crippen molar-refractivity contribution in [3.8, 4) is 11.1 Å². The lowest BCUT2D eigenvalue weighted by Gasteiger charge is -2.10. The first-order valence-electron chi connectivity index (χ1n) is 11.5. The van der Waals surface area contributed by atoms with Crippen LogP contribution in [0.15, 0.2) is 85.5 Å².